The Morgan fingerprint density at radius 1 is 0.472 bits per heavy atom. The topological polar surface area (TPSA) is 236 Å². The molecule has 0 saturated carbocycles. The third-order valence-corrected chi connectivity index (χ3v) is 6.85. The van der Waals surface area contributed by atoms with E-state index >= 15 is 0 Å². The van der Waals surface area contributed by atoms with Gasteiger partial charge in [0, 0.05) is 19.5 Å². The number of carboxylic acid groups (broad SMARTS) is 3. The molecule has 18 nitrogen and oxygen atoms in total. The van der Waals surface area contributed by atoms with Gasteiger partial charge in [-0.15, -0.1) is 0 Å². The van der Waals surface area contributed by atoms with Crippen molar-refractivity contribution in [2.45, 2.75) is 37.8 Å². The van der Waals surface area contributed by atoms with Crippen LogP contribution in [0, 0.1) is 0 Å². The van der Waals surface area contributed by atoms with E-state index < -0.39 is 29.4 Å². The second kappa shape index (κ2) is 33.3. The summed E-state index contributed by atoms with van der Waals surface area (Å²) in [5, 5.41) is 32.8. The number of benzene rings is 1. The maximum Gasteiger partial charge on any atom is 0.305 e. The average molecular weight is 763 g/mol. The molecule has 0 atom stereocenters. The van der Waals surface area contributed by atoms with E-state index in [0.29, 0.717) is 59.5 Å². The third kappa shape index (κ3) is 30.8. The maximum absolute atomic E-state index is 12.8. The summed E-state index contributed by atoms with van der Waals surface area (Å²) < 4.78 is 49.3. The molecule has 5 N–H and O–H groups in total. The Balaban J connectivity index is 2.11. The van der Waals surface area contributed by atoms with E-state index in [-0.39, 0.29) is 85.1 Å². The van der Waals surface area contributed by atoms with Gasteiger partial charge in [0.15, 0.2) is 0 Å². The molecule has 0 heterocycles. The van der Waals surface area contributed by atoms with Gasteiger partial charge >= 0.3 is 17.9 Å². The number of ether oxygens (including phenoxy) is 9. The Morgan fingerprint density at radius 3 is 1.23 bits per heavy atom. The van der Waals surface area contributed by atoms with E-state index in [1.165, 1.54) is 5.56 Å². The number of carbonyl (C=O) groups is 4. The highest BCUT2D eigenvalue weighted by atomic mass is 16.6. The SMILES string of the molecule is O=C(O)CCOCC(COCCC(=O)O)(COCCC(=O)O)NC(=O)CCOCCOCCOCCOCCOCCOCCNCc1ccccc1. The predicted octanol–water partition coefficient (Wildman–Crippen LogP) is 0.595. The lowest BCUT2D eigenvalue weighted by atomic mass is 10.0. The number of nitrogens with one attached hydrogen (secondary N) is 2. The molecule has 0 bridgehead atoms. The first-order chi connectivity index (χ1) is 25.7. The van der Waals surface area contributed by atoms with E-state index in [4.69, 9.17) is 58.0 Å². The summed E-state index contributed by atoms with van der Waals surface area (Å²) in [6.07, 6.45) is -0.926. The van der Waals surface area contributed by atoms with Gasteiger partial charge in [0.05, 0.1) is 138 Å². The van der Waals surface area contributed by atoms with Gasteiger partial charge in [-0.2, -0.15) is 0 Å². The van der Waals surface area contributed by atoms with Crippen LogP contribution in [0.15, 0.2) is 30.3 Å². The molecule has 0 fully saturated rings. The molecule has 0 aromatic heterocycles. The predicted molar refractivity (Wildman–Crippen MR) is 188 cm³/mol. The van der Waals surface area contributed by atoms with Crippen molar-refractivity contribution in [3.8, 4) is 0 Å². The van der Waals surface area contributed by atoms with E-state index in [1.54, 1.807) is 0 Å². The smallest absolute Gasteiger partial charge is 0.305 e. The summed E-state index contributed by atoms with van der Waals surface area (Å²) in [4.78, 5) is 45.4. The van der Waals surface area contributed by atoms with Gasteiger partial charge < -0.3 is 68.6 Å². The Hall–Kier alpha value is -3.30. The number of carbonyl (C=O) groups excluding carboxylic acids is 1. The standard InChI is InChI=1S/C35H58N2O16/c38-31(37-35(27-51-12-7-32(39)40,28-52-13-8-33(41)42)29-53-14-9-34(43)44)6-11-45-16-18-47-20-22-49-24-25-50-23-21-48-19-17-46-15-10-36-26-30-4-2-1-3-5-30/h1-5,36H,6-29H2,(H,37,38)(H,39,40)(H,41,42)(H,43,44). The highest BCUT2D eigenvalue weighted by molar-refractivity contribution is 5.77. The molecule has 304 valence electrons. The van der Waals surface area contributed by atoms with Crippen LogP contribution in [-0.2, 0) is 68.4 Å². The van der Waals surface area contributed by atoms with Crippen molar-refractivity contribution in [2.24, 2.45) is 0 Å². The molecule has 1 amide bonds. The average Bonchev–Trinajstić information content (AvgIpc) is 3.12. The third-order valence-electron chi connectivity index (χ3n) is 6.85. The molecule has 18 heteroatoms. The lowest BCUT2D eigenvalue weighted by Gasteiger charge is -2.34. The van der Waals surface area contributed by atoms with Crippen LogP contribution in [0.25, 0.3) is 0 Å². The molecule has 0 aliphatic rings. The largest absolute Gasteiger partial charge is 0.481 e. The van der Waals surface area contributed by atoms with E-state index in [0.717, 1.165) is 13.1 Å². The number of carboxylic acids is 3. The number of rotatable bonds is 39. The van der Waals surface area contributed by atoms with Crippen LogP contribution in [0.1, 0.15) is 31.2 Å². The van der Waals surface area contributed by atoms with Crippen LogP contribution in [-0.4, -0.2) is 170 Å². The normalized spacial score (nSPS) is 11.5. The molecule has 1 aromatic rings. The van der Waals surface area contributed by atoms with Gasteiger partial charge in [0.2, 0.25) is 5.91 Å². The van der Waals surface area contributed by atoms with Crippen LogP contribution in [0.5, 0.6) is 0 Å². The lowest BCUT2D eigenvalue weighted by Crippen LogP contribution is -2.59. The van der Waals surface area contributed by atoms with Crippen LogP contribution in [0.2, 0.25) is 0 Å². The molecule has 1 aromatic carbocycles. The molecule has 0 saturated heterocycles. The van der Waals surface area contributed by atoms with Gasteiger partial charge in [-0.25, -0.2) is 0 Å². The fourth-order valence-electron chi connectivity index (χ4n) is 4.21. The first kappa shape index (κ1) is 47.7. The highest BCUT2D eigenvalue weighted by Gasteiger charge is 2.34. The van der Waals surface area contributed by atoms with Crippen LogP contribution >= 0.6 is 0 Å². The summed E-state index contributed by atoms with van der Waals surface area (Å²) in [5.41, 5.74) is -0.104. The quantitative estimate of drug-likeness (QED) is 0.0578. The van der Waals surface area contributed by atoms with Crippen LogP contribution < -0.4 is 10.6 Å². The van der Waals surface area contributed by atoms with Gasteiger partial charge in [-0.05, 0) is 5.56 Å². The number of aliphatic carboxylic acids is 3. The zero-order chi connectivity index (χ0) is 38.7. The van der Waals surface area contributed by atoms with Crippen LogP contribution in [0.3, 0.4) is 0 Å². The summed E-state index contributed by atoms with van der Waals surface area (Å²) >= 11 is 0. The molecule has 1 rings (SSSR count). The summed E-state index contributed by atoms with van der Waals surface area (Å²) in [5.74, 6) is -3.71. The zero-order valence-corrected chi connectivity index (χ0v) is 30.5. The van der Waals surface area contributed by atoms with Crippen LogP contribution in [0.4, 0.5) is 0 Å². The number of hydrogen-bond donors (Lipinski definition) is 5. The number of hydrogen-bond acceptors (Lipinski definition) is 14. The van der Waals surface area contributed by atoms with E-state index in [2.05, 4.69) is 22.8 Å². The lowest BCUT2D eigenvalue weighted by molar-refractivity contribution is -0.140. The van der Waals surface area contributed by atoms with Crippen molar-refractivity contribution >= 4 is 23.8 Å². The second-order valence-electron chi connectivity index (χ2n) is 11.5. The van der Waals surface area contributed by atoms with E-state index in [1.807, 2.05) is 18.2 Å². The van der Waals surface area contributed by atoms with Gasteiger partial charge in [0.25, 0.3) is 0 Å². The van der Waals surface area contributed by atoms with Crippen molar-refractivity contribution in [2.75, 3.05) is 125 Å². The van der Waals surface area contributed by atoms with Crippen molar-refractivity contribution in [1.29, 1.82) is 0 Å². The first-order valence-corrected chi connectivity index (χ1v) is 17.6. The summed E-state index contributed by atoms with van der Waals surface area (Å²) in [6.45, 7) is 5.10. The van der Waals surface area contributed by atoms with E-state index in [9.17, 15) is 19.2 Å². The highest BCUT2D eigenvalue weighted by Crippen LogP contribution is 2.11. The monoisotopic (exact) mass is 762 g/mol. The molecular weight excluding hydrogens is 704 g/mol. The number of amides is 1. The molecular formula is C35H58N2O16. The van der Waals surface area contributed by atoms with Crippen molar-refractivity contribution in [3.05, 3.63) is 35.9 Å². The Labute approximate surface area is 310 Å². The maximum atomic E-state index is 12.8. The Bertz CT molecular complexity index is 1030. The van der Waals surface area contributed by atoms with Crippen molar-refractivity contribution < 1.29 is 77.1 Å². The fraction of sp³-hybridized carbons (Fsp3) is 0.714. The molecule has 53 heavy (non-hydrogen) atoms. The first-order valence-electron chi connectivity index (χ1n) is 17.6. The minimum atomic E-state index is -1.34. The molecule has 0 aliphatic carbocycles. The summed E-state index contributed by atoms with van der Waals surface area (Å²) in [7, 11) is 0. The van der Waals surface area contributed by atoms with Gasteiger partial charge in [-0.1, -0.05) is 30.3 Å². The second-order valence-corrected chi connectivity index (χ2v) is 11.5. The van der Waals surface area contributed by atoms with Gasteiger partial charge in [-0.3, -0.25) is 19.2 Å². The Kier molecular flexibility index (Phi) is 30.0. The van der Waals surface area contributed by atoms with Crippen molar-refractivity contribution in [1.82, 2.24) is 10.6 Å². The van der Waals surface area contributed by atoms with Gasteiger partial charge in [0.1, 0.15) is 5.54 Å². The molecule has 0 aliphatic heterocycles. The zero-order valence-electron chi connectivity index (χ0n) is 30.5. The minimum Gasteiger partial charge on any atom is -0.481 e. The fourth-order valence-corrected chi connectivity index (χ4v) is 4.21. The Morgan fingerprint density at radius 2 is 0.830 bits per heavy atom. The molecule has 0 unspecified atom stereocenters. The van der Waals surface area contributed by atoms with Crippen molar-refractivity contribution in [3.63, 3.8) is 0 Å². The molecule has 0 spiro atoms. The minimum absolute atomic E-state index is 0.0577. The molecule has 0 radical (unpaired) electrons. The summed E-state index contributed by atoms with van der Waals surface area (Å²) in [6, 6.07) is 10.2.